The van der Waals surface area contributed by atoms with E-state index in [0.717, 1.165) is 32.0 Å². The van der Waals surface area contributed by atoms with Gasteiger partial charge in [0.2, 0.25) is 0 Å². The highest BCUT2D eigenvalue weighted by molar-refractivity contribution is 14.0. The standard InChI is InChI=1S/C16H21N3.HI/c1-3-11-18-16(17-2)19-12-9-15(10-13-19)14-7-5-4-6-8-14;/h3-9H,1,10-13H2,2H3,(H,17,18);1H. The Labute approximate surface area is 138 Å². The summed E-state index contributed by atoms with van der Waals surface area (Å²) in [6.45, 7) is 6.37. The van der Waals surface area contributed by atoms with Crippen LogP contribution in [0, 0.1) is 0 Å². The number of benzene rings is 1. The molecule has 0 amide bonds. The van der Waals surface area contributed by atoms with Crippen molar-refractivity contribution in [3.8, 4) is 0 Å². The molecular formula is C16H22IN3. The monoisotopic (exact) mass is 383 g/mol. The largest absolute Gasteiger partial charge is 0.353 e. The summed E-state index contributed by atoms with van der Waals surface area (Å²) in [5.74, 6) is 0.947. The minimum atomic E-state index is 0. The topological polar surface area (TPSA) is 27.6 Å². The van der Waals surface area contributed by atoms with Gasteiger partial charge in [0.1, 0.15) is 0 Å². The van der Waals surface area contributed by atoms with Crippen molar-refractivity contribution in [3.63, 3.8) is 0 Å². The van der Waals surface area contributed by atoms with Gasteiger partial charge in [0.15, 0.2) is 5.96 Å². The molecule has 4 heteroatoms. The van der Waals surface area contributed by atoms with Gasteiger partial charge in [-0.25, -0.2) is 0 Å². The average Bonchev–Trinajstić information content (AvgIpc) is 2.49. The van der Waals surface area contributed by atoms with Crippen molar-refractivity contribution in [2.75, 3.05) is 26.7 Å². The van der Waals surface area contributed by atoms with Gasteiger partial charge in [0.05, 0.1) is 0 Å². The van der Waals surface area contributed by atoms with Crippen LogP contribution in [0.15, 0.2) is 54.1 Å². The fourth-order valence-corrected chi connectivity index (χ4v) is 2.27. The van der Waals surface area contributed by atoms with Gasteiger partial charge in [-0.05, 0) is 17.6 Å². The molecule has 108 valence electrons. The van der Waals surface area contributed by atoms with E-state index in [0.29, 0.717) is 0 Å². The Kier molecular flexibility index (Phi) is 7.36. The van der Waals surface area contributed by atoms with Crippen LogP contribution in [0.1, 0.15) is 12.0 Å². The third-order valence-electron chi connectivity index (χ3n) is 3.27. The Balaban J connectivity index is 0.00000200. The second kappa shape index (κ2) is 8.79. The fraction of sp³-hybridized carbons (Fsp3) is 0.312. The predicted octanol–water partition coefficient (Wildman–Crippen LogP) is 3.16. The number of nitrogens with one attached hydrogen (secondary N) is 1. The van der Waals surface area contributed by atoms with E-state index in [-0.39, 0.29) is 24.0 Å². The second-order valence-electron chi connectivity index (χ2n) is 4.51. The number of rotatable bonds is 3. The summed E-state index contributed by atoms with van der Waals surface area (Å²) in [4.78, 5) is 6.56. The minimum absolute atomic E-state index is 0. The molecule has 0 bridgehead atoms. The maximum Gasteiger partial charge on any atom is 0.194 e. The number of aliphatic imine (C=N–C) groups is 1. The molecule has 0 aliphatic carbocycles. The van der Waals surface area contributed by atoms with Crippen LogP contribution in [0.3, 0.4) is 0 Å². The lowest BCUT2D eigenvalue weighted by molar-refractivity contribution is 0.443. The summed E-state index contributed by atoms with van der Waals surface area (Å²) in [6.07, 6.45) is 5.19. The van der Waals surface area contributed by atoms with E-state index in [1.807, 2.05) is 13.1 Å². The van der Waals surface area contributed by atoms with Gasteiger partial charge in [0.25, 0.3) is 0 Å². The molecule has 0 aromatic heterocycles. The Bertz CT molecular complexity index is 480. The maximum absolute atomic E-state index is 4.30. The lowest BCUT2D eigenvalue weighted by atomic mass is 10.00. The first-order valence-electron chi connectivity index (χ1n) is 6.66. The first-order valence-corrected chi connectivity index (χ1v) is 6.66. The number of guanidine groups is 1. The maximum atomic E-state index is 4.30. The van der Waals surface area contributed by atoms with Crippen molar-refractivity contribution in [1.82, 2.24) is 10.2 Å². The van der Waals surface area contributed by atoms with Crippen LogP contribution in [0.5, 0.6) is 0 Å². The van der Waals surface area contributed by atoms with Gasteiger partial charge in [0, 0.05) is 26.7 Å². The van der Waals surface area contributed by atoms with E-state index in [1.165, 1.54) is 11.1 Å². The zero-order chi connectivity index (χ0) is 13.5. The van der Waals surface area contributed by atoms with Gasteiger partial charge in [-0.1, -0.05) is 42.5 Å². The summed E-state index contributed by atoms with van der Waals surface area (Å²) < 4.78 is 0. The Morgan fingerprint density at radius 1 is 1.40 bits per heavy atom. The Hall–Kier alpha value is -1.30. The second-order valence-corrected chi connectivity index (χ2v) is 4.51. The normalized spacial score (nSPS) is 15.2. The molecule has 1 heterocycles. The average molecular weight is 383 g/mol. The number of hydrogen-bond acceptors (Lipinski definition) is 1. The molecule has 1 aliphatic rings. The lowest BCUT2D eigenvalue weighted by Gasteiger charge is -2.29. The molecule has 2 rings (SSSR count). The van der Waals surface area contributed by atoms with E-state index >= 15 is 0 Å². The molecule has 0 saturated heterocycles. The zero-order valence-corrected chi connectivity index (χ0v) is 14.2. The molecule has 0 radical (unpaired) electrons. The number of halogens is 1. The van der Waals surface area contributed by atoms with Crippen LogP contribution in [-0.2, 0) is 0 Å². The molecule has 0 unspecified atom stereocenters. The van der Waals surface area contributed by atoms with E-state index in [4.69, 9.17) is 0 Å². The van der Waals surface area contributed by atoms with Crippen molar-refractivity contribution in [2.45, 2.75) is 6.42 Å². The first-order chi connectivity index (χ1) is 9.35. The molecule has 0 atom stereocenters. The summed E-state index contributed by atoms with van der Waals surface area (Å²) in [5, 5.41) is 3.27. The highest BCUT2D eigenvalue weighted by atomic mass is 127. The van der Waals surface area contributed by atoms with Gasteiger partial charge < -0.3 is 10.2 Å². The van der Waals surface area contributed by atoms with Gasteiger partial charge >= 0.3 is 0 Å². The quantitative estimate of drug-likeness (QED) is 0.376. The molecule has 3 nitrogen and oxygen atoms in total. The van der Waals surface area contributed by atoms with Gasteiger partial charge in [-0.3, -0.25) is 4.99 Å². The summed E-state index contributed by atoms with van der Waals surface area (Å²) >= 11 is 0. The fourth-order valence-electron chi connectivity index (χ4n) is 2.27. The molecule has 1 aromatic carbocycles. The van der Waals surface area contributed by atoms with Gasteiger partial charge in [-0.2, -0.15) is 0 Å². The highest BCUT2D eigenvalue weighted by Gasteiger charge is 2.15. The smallest absolute Gasteiger partial charge is 0.194 e. The molecule has 1 aliphatic heterocycles. The van der Waals surface area contributed by atoms with Gasteiger partial charge in [-0.15, -0.1) is 30.6 Å². The SMILES string of the molecule is C=CCNC(=NC)N1CC=C(c2ccccc2)CC1.I. The molecule has 0 spiro atoms. The van der Waals surface area contributed by atoms with E-state index in [9.17, 15) is 0 Å². The number of hydrogen-bond donors (Lipinski definition) is 1. The van der Waals surface area contributed by atoms with Crippen LogP contribution in [0.25, 0.3) is 5.57 Å². The molecule has 1 N–H and O–H groups in total. The van der Waals surface area contributed by atoms with E-state index < -0.39 is 0 Å². The lowest BCUT2D eigenvalue weighted by Crippen LogP contribution is -2.43. The summed E-state index contributed by atoms with van der Waals surface area (Å²) in [6, 6.07) is 10.6. The van der Waals surface area contributed by atoms with Crippen LogP contribution < -0.4 is 5.32 Å². The molecule has 20 heavy (non-hydrogen) atoms. The third kappa shape index (κ3) is 4.37. The van der Waals surface area contributed by atoms with Crippen LogP contribution in [-0.4, -0.2) is 37.5 Å². The van der Waals surface area contributed by atoms with Crippen molar-refractivity contribution in [1.29, 1.82) is 0 Å². The van der Waals surface area contributed by atoms with Crippen molar-refractivity contribution in [2.24, 2.45) is 4.99 Å². The Morgan fingerprint density at radius 3 is 2.70 bits per heavy atom. The molecule has 0 saturated carbocycles. The molecule has 1 aromatic rings. The van der Waals surface area contributed by atoms with Crippen molar-refractivity contribution >= 4 is 35.5 Å². The number of nitrogens with zero attached hydrogens (tertiary/aromatic N) is 2. The summed E-state index contributed by atoms with van der Waals surface area (Å²) in [7, 11) is 1.82. The Morgan fingerprint density at radius 2 is 2.15 bits per heavy atom. The van der Waals surface area contributed by atoms with E-state index in [2.05, 4.69) is 58.2 Å². The summed E-state index contributed by atoms with van der Waals surface area (Å²) in [5.41, 5.74) is 2.76. The van der Waals surface area contributed by atoms with Crippen LogP contribution >= 0.6 is 24.0 Å². The molecule has 0 fully saturated rings. The first kappa shape index (κ1) is 16.8. The molecular weight excluding hydrogens is 361 g/mol. The zero-order valence-electron chi connectivity index (χ0n) is 11.9. The highest BCUT2D eigenvalue weighted by Crippen LogP contribution is 2.21. The third-order valence-corrected chi connectivity index (χ3v) is 3.27. The van der Waals surface area contributed by atoms with Crippen LogP contribution in [0.4, 0.5) is 0 Å². The van der Waals surface area contributed by atoms with Crippen molar-refractivity contribution in [3.05, 3.63) is 54.6 Å². The van der Waals surface area contributed by atoms with E-state index in [1.54, 1.807) is 0 Å². The van der Waals surface area contributed by atoms with Crippen LogP contribution in [0.2, 0.25) is 0 Å². The minimum Gasteiger partial charge on any atom is -0.353 e. The predicted molar refractivity (Wildman–Crippen MR) is 97.6 cm³/mol. The van der Waals surface area contributed by atoms with Crippen molar-refractivity contribution < 1.29 is 0 Å².